The Morgan fingerprint density at radius 1 is 1.53 bits per heavy atom. The van der Waals surface area contributed by atoms with E-state index < -0.39 is 0 Å². The highest BCUT2D eigenvalue weighted by atomic mass is 16.5. The molecule has 0 saturated heterocycles. The van der Waals surface area contributed by atoms with Crippen LogP contribution in [0.5, 0.6) is 5.75 Å². The molecule has 4 nitrogen and oxygen atoms in total. The van der Waals surface area contributed by atoms with Crippen molar-refractivity contribution in [2.75, 3.05) is 18.5 Å². The molecule has 0 aliphatic carbocycles. The lowest BCUT2D eigenvalue weighted by Crippen LogP contribution is -2.28. The molecule has 0 atom stereocenters. The van der Waals surface area contributed by atoms with Gasteiger partial charge in [-0.3, -0.25) is 0 Å². The van der Waals surface area contributed by atoms with Crippen LogP contribution in [0.3, 0.4) is 0 Å². The summed E-state index contributed by atoms with van der Waals surface area (Å²) in [5, 5.41) is 5.36. The van der Waals surface area contributed by atoms with Gasteiger partial charge in [-0.05, 0) is 25.5 Å². The molecule has 1 aromatic rings. The van der Waals surface area contributed by atoms with Crippen LogP contribution >= 0.6 is 0 Å². The maximum absolute atomic E-state index is 11.4. The number of carbonyl (C=O) groups is 1. The predicted octanol–water partition coefficient (Wildman–Crippen LogP) is 2.70. The van der Waals surface area contributed by atoms with Gasteiger partial charge < -0.3 is 15.4 Å². The van der Waals surface area contributed by atoms with E-state index in [0.717, 1.165) is 11.3 Å². The minimum absolute atomic E-state index is 0.254. The lowest BCUT2D eigenvalue weighted by atomic mass is 10.2. The number of amides is 2. The summed E-state index contributed by atoms with van der Waals surface area (Å²) in [6, 6.07) is 5.31. The predicted molar refractivity (Wildman–Crippen MR) is 69.6 cm³/mol. The van der Waals surface area contributed by atoms with Crippen LogP contribution in [0.15, 0.2) is 30.9 Å². The number of hydrogen-bond acceptors (Lipinski definition) is 2. The number of urea groups is 1. The van der Waals surface area contributed by atoms with E-state index in [1.165, 1.54) is 0 Å². The van der Waals surface area contributed by atoms with E-state index in [1.54, 1.807) is 6.08 Å². The number of anilines is 1. The van der Waals surface area contributed by atoms with Crippen molar-refractivity contribution in [2.45, 2.75) is 13.8 Å². The summed E-state index contributed by atoms with van der Waals surface area (Å²) < 4.78 is 5.45. The number of carbonyl (C=O) groups excluding carboxylic acids is 1. The number of rotatable bonds is 5. The zero-order chi connectivity index (χ0) is 12.7. The first kappa shape index (κ1) is 13.1. The molecule has 0 fully saturated rings. The second-order valence-electron chi connectivity index (χ2n) is 3.54. The third-order valence-corrected chi connectivity index (χ3v) is 2.15. The van der Waals surface area contributed by atoms with Crippen molar-refractivity contribution in [3.05, 3.63) is 36.4 Å². The molecule has 4 heteroatoms. The van der Waals surface area contributed by atoms with Gasteiger partial charge in [-0.25, -0.2) is 4.79 Å². The molecule has 2 N–H and O–H groups in total. The largest absolute Gasteiger partial charge is 0.494 e. The number of aryl methyl sites for hydroxylation is 1. The van der Waals surface area contributed by atoms with Crippen LogP contribution in [-0.2, 0) is 0 Å². The Labute approximate surface area is 102 Å². The van der Waals surface area contributed by atoms with Gasteiger partial charge in [0.05, 0.1) is 6.61 Å². The fourth-order valence-electron chi connectivity index (χ4n) is 1.33. The number of nitrogens with one attached hydrogen (secondary N) is 2. The first-order chi connectivity index (χ1) is 8.17. The first-order valence-electron chi connectivity index (χ1n) is 5.56. The Bertz CT molecular complexity index is 402. The summed E-state index contributed by atoms with van der Waals surface area (Å²) in [4.78, 5) is 11.4. The van der Waals surface area contributed by atoms with Crippen molar-refractivity contribution in [1.29, 1.82) is 0 Å². The van der Waals surface area contributed by atoms with Crippen molar-refractivity contribution in [1.82, 2.24) is 5.32 Å². The molecule has 0 bridgehead atoms. The number of ether oxygens (including phenoxy) is 1. The van der Waals surface area contributed by atoms with E-state index >= 15 is 0 Å². The van der Waals surface area contributed by atoms with Crippen LogP contribution in [0.4, 0.5) is 10.5 Å². The second-order valence-corrected chi connectivity index (χ2v) is 3.54. The summed E-state index contributed by atoms with van der Waals surface area (Å²) in [5.41, 5.74) is 1.75. The molecular weight excluding hydrogens is 216 g/mol. The Morgan fingerprint density at radius 2 is 2.29 bits per heavy atom. The highest BCUT2D eigenvalue weighted by Gasteiger charge is 2.03. The maximum Gasteiger partial charge on any atom is 0.319 e. The van der Waals surface area contributed by atoms with Crippen LogP contribution in [-0.4, -0.2) is 19.2 Å². The monoisotopic (exact) mass is 234 g/mol. The standard InChI is InChI=1S/C13H18N2O2/c1-4-8-14-13(16)15-11-7-6-10(3)12(9-11)17-5-2/h4,6-7,9H,1,5,8H2,2-3H3,(H2,14,15,16). The van der Waals surface area contributed by atoms with Crippen molar-refractivity contribution in [3.63, 3.8) is 0 Å². The topological polar surface area (TPSA) is 50.4 Å². The number of benzene rings is 1. The molecule has 17 heavy (non-hydrogen) atoms. The van der Waals surface area contributed by atoms with E-state index in [1.807, 2.05) is 32.0 Å². The molecule has 0 unspecified atom stereocenters. The Balaban J connectivity index is 2.68. The Morgan fingerprint density at radius 3 is 2.94 bits per heavy atom. The van der Waals surface area contributed by atoms with Crippen LogP contribution < -0.4 is 15.4 Å². The SMILES string of the molecule is C=CCNC(=O)Nc1ccc(C)c(OCC)c1. The molecule has 1 rings (SSSR count). The van der Waals surface area contributed by atoms with Gasteiger partial charge >= 0.3 is 6.03 Å². The van der Waals surface area contributed by atoms with Gasteiger partial charge in [0.1, 0.15) is 5.75 Å². The zero-order valence-corrected chi connectivity index (χ0v) is 10.2. The lowest BCUT2D eigenvalue weighted by Gasteiger charge is -2.10. The smallest absolute Gasteiger partial charge is 0.319 e. The minimum atomic E-state index is -0.254. The summed E-state index contributed by atoms with van der Waals surface area (Å²) >= 11 is 0. The summed E-state index contributed by atoms with van der Waals surface area (Å²) in [6.07, 6.45) is 1.63. The highest BCUT2D eigenvalue weighted by molar-refractivity contribution is 5.89. The molecule has 0 radical (unpaired) electrons. The fraction of sp³-hybridized carbons (Fsp3) is 0.308. The van der Waals surface area contributed by atoms with Crippen molar-refractivity contribution >= 4 is 11.7 Å². The van der Waals surface area contributed by atoms with Crippen LogP contribution in [0.1, 0.15) is 12.5 Å². The molecule has 2 amide bonds. The van der Waals surface area contributed by atoms with Crippen LogP contribution in [0.25, 0.3) is 0 Å². The highest BCUT2D eigenvalue weighted by Crippen LogP contribution is 2.22. The molecule has 92 valence electrons. The average Bonchev–Trinajstić information content (AvgIpc) is 2.31. The van der Waals surface area contributed by atoms with E-state index in [2.05, 4.69) is 17.2 Å². The van der Waals surface area contributed by atoms with E-state index in [0.29, 0.717) is 18.8 Å². The quantitative estimate of drug-likeness (QED) is 0.769. The molecule has 0 aliphatic rings. The van der Waals surface area contributed by atoms with E-state index in [9.17, 15) is 4.79 Å². The molecule has 0 aliphatic heterocycles. The van der Waals surface area contributed by atoms with Crippen LogP contribution in [0, 0.1) is 6.92 Å². The van der Waals surface area contributed by atoms with Gasteiger partial charge in [-0.15, -0.1) is 6.58 Å². The van der Waals surface area contributed by atoms with Gasteiger partial charge in [0.25, 0.3) is 0 Å². The van der Waals surface area contributed by atoms with Gasteiger partial charge in [0.2, 0.25) is 0 Å². The normalized spacial score (nSPS) is 9.53. The van der Waals surface area contributed by atoms with E-state index in [-0.39, 0.29) is 6.03 Å². The molecular formula is C13H18N2O2. The molecule has 0 heterocycles. The number of hydrogen-bond donors (Lipinski definition) is 2. The first-order valence-corrected chi connectivity index (χ1v) is 5.56. The molecule has 1 aromatic carbocycles. The van der Waals surface area contributed by atoms with E-state index in [4.69, 9.17) is 4.74 Å². The zero-order valence-electron chi connectivity index (χ0n) is 10.2. The average molecular weight is 234 g/mol. The summed E-state index contributed by atoms with van der Waals surface area (Å²) in [6.45, 7) is 8.46. The molecule has 0 spiro atoms. The van der Waals surface area contributed by atoms with Gasteiger partial charge in [0.15, 0.2) is 0 Å². The van der Waals surface area contributed by atoms with Gasteiger partial charge in [0, 0.05) is 18.3 Å². The maximum atomic E-state index is 11.4. The van der Waals surface area contributed by atoms with Crippen LogP contribution in [0.2, 0.25) is 0 Å². The molecule has 0 saturated carbocycles. The Kier molecular flexibility index (Phi) is 5.07. The lowest BCUT2D eigenvalue weighted by molar-refractivity contribution is 0.253. The minimum Gasteiger partial charge on any atom is -0.494 e. The summed E-state index contributed by atoms with van der Waals surface area (Å²) in [5.74, 6) is 0.786. The van der Waals surface area contributed by atoms with Crippen molar-refractivity contribution in [2.24, 2.45) is 0 Å². The fourth-order valence-corrected chi connectivity index (χ4v) is 1.33. The van der Waals surface area contributed by atoms with Gasteiger partial charge in [-0.2, -0.15) is 0 Å². The van der Waals surface area contributed by atoms with Gasteiger partial charge in [-0.1, -0.05) is 12.1 Å². The Hall–Kier alpha value is -1.97. The third kappa shape index (κ3) is 4.18. The van der Waals surface area contributed by atoms with Crippen molar-refractivity contribution in [3.8, 4) is 5.75 Å². The molecule has 0 aromatic heterocycles. The van der Waals surface area contributed by atoms with Crippen molar-refractivity contribution < 1.29 is 9.53 Å². The third-order valence-electron chi connectivity index (χ3n) is 2.15. The second kappa shape index (κ2) is 6.58. The summed E-state index contributed by atoms with van der Waals surface area (Å²) in [7, 11) is 0.